The molecule has 4 rings (SSSR count). The number of nitrogens with one attached hydrogen (secondary N) is 3. The second-order valence-electron chi connectivity index (χ2n) is 10.9. The van der Waals surface area contributed by atoms with Gasteiger partial charge in [-0.3, -0.25) is 24.5 Å². The first-order valence-electron chi connectivity index (χ1n) is 14.4. The molecule has 3 atom stereocenters. The van der Waals surface area contributed by atoms with Crippen LogP contribution in [0.5, 0.6) is 0 Å². The fraction of sp³-hybridized carbons (Fsp3) is 0.281. The average molecular weight is 632 g/mol. The number of non-ortho nitro benzene ring substituents is 1. The summed E-state index contributed by atoms with van der Waals surface area (Å²) in [4.78, 5) is 72.7. The van der Waals surface area contributed by atoms with E-state index >= 15 is 0 Å². The first-order valence-corrected chi connectivity index (χ1v) is 14.4. The second-order valence-corrected chi connectivity index (χ2v) is 10.9. The molecule has 0 bridgehead atoms. The number of amides is 4. The van der Waals surface area contributed by atoms with Gasteiger partial charge in [0.15, 0.2) is 0 Å². The van der Waals surface area contributed by atoms with Gasteiger partial charge in [0.25, 0.3) is 5.69 Å². The lowest BCUT2D eigenvalue weighted by molar-refractivity contribution is -0.384. The van der Waals surface area contributed by atoms with Crippen molar-refractivity contribution in [1.82, 2.24) is 10.2 Å². The van der Waals surface area contributed by atoms with Gasteiger partial charge in [-0.2, -0.15) is 0 Å². The van der Waals surface area contributed by atoms with Crippen LogP contribution in [-0.2, 0) is 32.0 Å². The number of nitro benzene ring substituents is 1. The molecule has 3 aromatic rings. The van der Waals surface area contributed by atoms with Crippen molar-refractivity contribution in [2.24, 2.45) is 0 Å². The number of anilines is 2. The highest BCUT2D eigenvalue weighted by molar-refractivity contribution is 5.99. The van der Waals surface area contributed by atoms with Crippen molar-refractivity contribution in [1.29, 1.82) is 0 Å². The Hall–Kier alpha value is -5.79. The van der Waals surface area contributed by atoms with Gasteiger partial charge in [0.2, 0.25) is 11.8 Å². The molecule has 0 radical (unpaired) electrons. The minimum absolute atomic E-state index is 0.00271. The standard InChI is InChI=1S/C32H33N5O9/c1-19(38)36-18-23(22-7-9-24(10-8-22)33-32(44)34-25-11-13-26(14-12-25)37(45)46)17-28(36)30(41)35-27(31(42)43)16-21-4-2-20(3-5-21)6-15-29(39)40/h2-5,7-14,23,27-28H,6,15-18H2,1H3,(H,35,41)(H,39,40)(H,42,43)(H2,33,34,44). The Labute approximate surface area is 263 Å². The Morgan fingerprint density at radius 1 is 0.891 bits per heavy atom. The number of nitrogens with zero attached hydrogens (tertiary/aromatic N) is 2. The number of carbonyl (C=O) groups is 5. The summed E-state index contributed by atoms with van der Waals surface area (Å²) < 4.78 is 0. The van der Waals surface area contributed by atoms with E-state index in [-0.39, 0.29) is 43.3 Å². The van der Waals surface area contributed by atoms with E-state index in [4.69, 9.17) is 5.11 Å². The molecule has 5 N–H and O–H groups in total. The Bertz CT molecular complexity index is 1610. The summed E-state index contributed by atoms with van der Waals surface area (Å²) >= 11 is 0. The topological polar surface area (TPSA) is 208 Å². The Balaban J connectivity index is 1.36. The zero-order chi connectivity index (χ0) is 33.4. The summed E-state index contributed by atoms with van der Waals surface area (Å²) in [6, 6.07) is 16.4. The molecule has 3 aromatic carbocycles. The number of likely N-dealkylation sites (tertiary alicyclic amines) is 1. The van der Waals surface area contributed by atoms with Crippen molar-refractivity contribution in [3.63, 3.8) is 0 Å². The van der Waals surface area contributed by atoms with E-state index in [9.17, 15) is 39.2 Å². The van der Waals surface area contributed by atoms with Gasteiger partial charge >= 0.3 is 18.0 Å². The van der Waals surface area contributed by atoms with E-state index in [1.165, 1.54) is 36.1 Å². The molecule has 1 fully saturated rings. The van der Waals surface area contributed by atoms with Crippen LogP contribution in [-0.4, -0.2) is 68.4 Å². The molecule has 46 heavy (non-hydrogen) atoms. The summed E-state index contributed by atoms with van der Waals surface area (Å²) in [5, 5.41) is 37.3. The Morgan fingerprint density at radius 2 is 1.46 bits per heavy atom. The number of urea groups is 1. The molecule has 0 aliphatic carbocycles. The maximum Gasteiger partial charge on any atom is 0.326 e. The minimum Gasteiger partial charge on any atom is -0.481 e. The third-order valence-electron chi connectivity index (χ3n) is 7.69. The van der Waals surface area contributed by atoms with Gasteiger partial charge in [-0.25, -0.2) is 9.59 Å². The number of hydrogen-bond donors (Lipinski definition) is 5. The molecule has 0 aromatic heterocycles. The quantitative estimate of drug-likeness (QED) is 0.145. The van der Waals surface area contributed by atoms with Crippen molar-refractivity contribution >= 4 is 46.8 Å². The molecule has 1 aliphatic heterocycles. The van der Waals surface area contributed by atoms with Crippen LogP contribution in [0, 0.1) is 10.1 Å². The third-order valence-corrected chi connectivity index (χ3v) is 7.69. The lowest BCUT2D eigenvalue weighted by Crippen LogP contribution is -2.51. The van der Waals surface area contributed by atoms with Crippen molar-refractivity contribution in [2.45, 2.75) is 50.6 Å². The van der Waals surface area contributed by atoms with E-state index in [1.54, 1.807) is 48.5 Å². The van der Waals surface area contributed by atoms with Gasteiger partial charge in [-0.05, 0) is 53.8 Å². The van der Waals surface area contributed by atoms with Crippen LogP contribution in [0.3, 0.4) is 0 Å². The van der Waals surface area contributed by atoms with Gasteiger partial charge < -0.3 is 31.1 Å². The van der Waals surface area contributed by atoms with E-state index in [0.29, 0.717) is 23.4 Å². The average Bonchev–Trinajstić information content (AvgIpc) is 3.47. The first-order chi connectivity index (χ1) is 21.9. The summed E-state index contributed by atoms with van der Waals surface area (Å²) in [5.74, 6) is -3.27. The van der Waals surface area contributed by atoms with Crippen LogP contribution in [0.25, 0.3) is 0 Å². The number of carbonyl (C=O) groups excluding carboxylic acids is 3. The van der Waals surface area contributed by atoms with Crippen molar-refractivity contribution in [3.05, 3.63) is 99.6 Å². The summed E-state index contributed by atoms with van der Waals surface area (Å²) in [6.45, 7) is 1.59. The molecule has 1 heterocycles. The fourth-order valence-electron chi connectivity index (χ4n) is 5.27. The number of carboxylic acid groups (broad SMARTS) is 2. The van der Waals surface area contributed by atoms with Gasteiger partial charge in [-0.1, -0.05) is 36.4 Å². The third kappa shape index (κ3) is 8.87. The zero-order valence-electron chi connectivity index (χ0n) is 24.8. The van der Waals surface area contributed by atoms with E-state index in [0.717, 1.165) is 11.1 Å². The molecule has 4 amide bonds. The van der Waals surface area contributed by atoms with E-state index < -0.39 is 40.9 Å². The molecule has 0 spiro atoms. The van der Waals surface area contributed by atoms with E-state index in [2.05, 4.69) is 16.0 Å². The molecule has 14 nitrogen and oxygen atoms in total. The number of rotatable bonds is 12. The number of benzene rings is 3. The maximum atomic E-state index is 13.3. The van der Waals surface area contributed by atoms with Crippen molar-refractivity contribution < 1.29 is 39.1 Å². The lowest BCUT2D eigenvalue weighted by atomic mass is 9.95. The maximum absolute atomic E-state index is 13.3. The highest BCUT2D eigenvalue weighted by Gasteiger charge is 2.40. The van der Waals surface area contributed by atoms with Gasteiger partial charge in [-0.15, -0.1) is 0 Å². The number of aryl methyl sites for hydroxylation is 1. The molecule has 1 saturated heterocycles. The zero-order valence-corrected chi connectivity index (χ0v) is 24.8. The van der Waals surface area contributed by atoms with E-state index in [1.807, 2.05) is 0 Å². The van der Waals surface area contributed by atoms with Gasteiger partial charge in [0.1, 0.15) is 12.1 Å². The lowest BCUT2D eigenvalue weighted by Gasteiger charge is -2.24. The SMILES string of the molecule is CC(=O)N1CC(c2ccc(NC(=O)Nc3ccc([N+](=O)[O-])cc3)cc2)CC1C(=O)NC(Cc1ccc(CCC(=O)O)cc1)C(=O)O. The number of hydrogen-bond acceptors (Lipinski definition) is 7. The second kappa shape index (κ2) is 14.8. The summed E-state index contributed by atoms with van der Waals surface area (Å²) in [6.07, 6.45) is 0.593. The van der Waals surface area contributed by atoms with Crippen LogP contribution in [0.4, 0.5) is 21.9 Å². The Morgan fingerprint density at radius 3 is 1.98 bits per heavy atom. The van der Waals surface area contributed by atoms with Crippen LogP contribution < -0.4 is 16.0 Å². The van der Waals surface area contributed by atoms with Crippen LogP contribution in [0.1, 0.15) is 42.4 Å². The number of carboxylic acids is 2. The predicted octanol–water partition coefficient (Wildman–Crippen LogP) is 3.77. The highest BCUT2D eigenvalue weighted by Crippen LogP contribution is 2.33. The fourth-order valence-corrected chi connectivity index (χ4v) is 5.27. The largest absolute Gasteiger partial charge is 0.481 e. The molecule has 0 saturated carbocycles. The molecule has 3 unspecified atom stereocenters. The summed E-state index contributed by atoms with van der Waals surface area (Å²) in [7, 11) is 0. The number of nitro groups is 1. The normalized spacial score (nSPS) is 16.2. The summed E-state index contributed by atoms with van der Waals surface area (Å²) in [5.41, 5.74) is 3.01. The van der Waals surface area contributed by atoms with Crippen LogP contribution >= 0.6 is 0 Å². The Kier molecular flexibility index (Phi) is 10.6. The van der Waals surface area contributed by atoms with Crippen LogP contribution in [0.2, 0.25) is 0 Å². The number of aliphatic carboxylic acids is 2. The minimum atomic E-state index is -1.24. The molecular formula is C32H33N5O9. The van der Waals surface area contributed by atoms with Crippen molar-refractivity contribution in [2.75, 3.05) is 17.2 Å². The highest BCUT2D eigenvalue weighted by atomic mass is 16.6. The smallest absolute Gasteiger partial charge is 0.326 e. The van der Waals surface area contributed by atoms with Crippen LogP contribution in [0.15, 0.2) is 72.8 Å². The van der Waals surface area contributed by atoms with Gasteiger partial charge in [0, 0.05) is 55.7 Å². The van der Waals surface area contributed by atoms with Gasteiger partial charge in [0.05, 0.1) is 4.92 Å². The molecule has 240 valence electrons. The monoisotopic (exact) mass is 631 g/mol. The molecule has 14 heteroatoms. The van der Waals surface area contributed by atoms with Crippen molar-refractivity contribution in [3.8, 4) is 0 Å². The first kappa shape index (κ1) is 33.1. The molecule has 1 aliphatic rings. The molecular weight excluding hydrogens is 598 g/mol. The predicted molar refractivity (Wildman–Crippen MR) is 166 cm³/mol.